The Labute approximate surface area is 483 Å². The van der Waals surface area contributed by atoms with E-state index < -0.39 is 23.7 Å². The normalized spacial score (nSPS) is 12.4. The fraction of sp³-hybridized carbons (Fsp3) is 0.476. The van der Waals surface area contributed by atoms with Crippen LogP contribution in [0, 0.1) is 33.5 Å². The van der Waals surface area contributed by atoms with Gasteiger partial charge in [-0.05, 0) is 78.3 Å². The van der Waals surface area contributed by atoms with Crippen molar-refractivity contribution in [2.24, 2.45) is 33.5 Å². The molecule has 19 heteroatoms. The largest absolute Gasteiger partial charge is 0.445 e. The van der Waals surface area contributed by atoms with Crippen LogP contribution in [-0.2, 0) is 40.4 Å². The van der Waals surface area contributed by atoms with Crippen molar-refractivity contribution >= 4 is 29.8 Å². The molecule has 0 aliphatic heterocycles. The van der Waals surface area contributed by atoms with Gasteiger partial charge in [-0.25, -0.2) is 14.4 Å². The van der Waals surface area contributed by atoms with Crippen LogP contribution in [0.5, 0.6) is 11.5 Å². The highest BCUT2D eigenvalue weighted by Gasteiger charge is 2.34. The Bertz CT molecular complexity index is 2970. The number of hydrogen-bond donors (Lipinski definition) is 1. The third-order valence-corrected chi connectivity index (χ3v) is 12.8. The summed E-state index contributed by atoms with van der Waals surface area (Å²) in [5.74, 6) is 2.67. The number of Topliss-reactive ketones (excluding diaryl/α,β-unsaturated/α-hetero) is 2. The minimum Gasteiger partial charge on any atom is -0.445 e. The molecule has 3 amide bonds. The number of benzene rings is 4. The van der Waals surface area contributed by atoms with Gasteiger partial charge >= 0.3 is 18.3 Å². The highest BCUT2D eigenvalue weighted by molar-refractivity contribution is 5.86. The molecule has 0 radical (unpaired) electrons. The molecule has 6 rings (SSSR count). The first-order valence-corrected chi connectivity index (χ1v) is 27.8. The van der Waals surface area contributed by atoms with E-state index in [0.29, 0.717) is 47.7 Å². The molecule has 0 aliphatic rings. The number of amides is 3. The van der Waals surface area contributed by atoms with Gasteiger partial charge in [0.15, 0.2) is 11.6 Å². The Morgan fingerprint density at radius 1 is 0.488 bits per heavy atom. The van der Waals surface area contributed by atoms with E-state index in [1.54, 1.807) is 50.5 Å². The second kappa shape index (κ2) is 29.6. The van der Waals surface area contributed by atoms with Gasteiger partial charge < -0.3 is 29.3 Å². The third kappa shape index (κ3) is 22.4. The molecule has 2 atom stereocenters. The van der Waals surface area contributed by atoms with Crippen molar-refractivity contribution in [1.82, 2.24) is 55.9 Å². The first-order chi connectivity index (χ1) is 38.5. The lowest BCUT2D eigenvalue weighted by Gasteiger charge is -2.30. The molecule has 2 aromatic heterocycles. The molecule has 0 bridgehead atoms. The lowest BCUT2D eigenvalue weighted by Crippen LogP contribution is -2.32. The zero-order valence-electron chi connectivity index (χ0n) is 50.4. The molecule has 0 unspecified atom stereocenters. The number of nitrogens with zero attached hydrogens (tertiary/aromatic N) is 10. The highest BCUT2D eigenvalue weighted by Crippen LogP contribution is 2.34. The number of ketones is 2. The van der Waals surface area contributed by atoms with Crippen molar-refractivity contribution in [3.8, 4) is 34.3 Å². The van der Waals surface area contributed by atoms with Crippen LogP contribution in [0.4, 0.5) is 14.4 Å². The van der Waals surface area contributed by atoms with Gasteiger partial charge in [0.05, 0.1) is 13.1 Å². The van der Waals surface area contributed by atoms with Crippen LogP contribution in [0.15, 0.2) is 109 Å². The van der Waals surface area contributed by atoms with E-state index in [2.05, 4.69) is 87.6 Å². The van der Waals surface area contributed by atoms with Gasteiger partial charge in [-0.2, -0.15) is 0 Å². The summed E-state index contributed by atoms with van der Waals surface area (Å²) in [6.45, 7) is 25.5. The summed E-state index contributed by atoms with van der Waals surface area (Å²) < 4.78 is 16.3. The minimum absolute atomic E-state index is 0.0146. The molecule has 4 aromatic carbocycles. The van der Waals surface area contributed by atoms with Gasteiger partial charge in [0.2, 0.25) is 11.6 Å². The van der Waals surface area contributed by atoms with E-state index in [9.17, 15) is 24.0 Å². The van der Waals surface area contributed by atoms with Gasteiger partial charge in [0, 0.05) is 54.4 Å². The molecular weight excluding hydrogens is 1040 g/mol. The molecule has 0 spiro atoms. The number of rotatable bonds is 21. The molecule has 19 nitrogen and oxygen atoms in total. The summed E-state index contributed by atoms with van der Waals surface area (Å²) in [7, 11) is 3.16. The zero-order valence-corrected chi connectivity index (χ0v) is 50.4. The fourth-order valence-corrected chi connectivity index (χ4v) is 8.77. The molecule has 1 N–H and O–H groups in total. The standard InChI is InChI=1S/C34H46N6O5.C29H37N5O3/c1-33(2,3)21-26(29(41)34(4,5)6)15-11-12-20-35-31(42)44-23-24-16-18-27(19-17-24)45-32(43)40(7)22-28-36-38-30(39-37-28)25-13-9-8-10-14-25;1-28(2,3)18-22(25(35)29(4,5)6)17-20-13-15-23(16-14-20)37-27(36)34(7)19-24-30-32-26(33-31-24)21-11-9-8-10-12-21/h8-10,13-14,16-19,26H,11-12,15,20-23H2,1-7H3,(H,35,42);8-16,22H,17-19H2,1-7H3/t26-;22-/m00/s1. The van der Waals surface area contributed by atoms with Crippen molar-refractivity contribution in [3.63, 3.8) is 0 Å². The van der Waals surface area contributed by atoms with Crippen molar-refractivity contribution < 1.29 is 38.2 Å². The number of unbranched alkanes of at least 4 members (excludes halogenated alkanes) is 1. The summed E-state index contributed by atoms with van der Waals surface area (Å²) in [5.41, 5.74) is 2.75. The number of hydrogen-bond acceptors (Lipinski definition) is 16. The molecule has 0 saturated carbocycles. The molecule has 6 aromatic rings. The van der Waals surface area contributed by atoms with Crippen molar-refractivity contribution in [1.29, 1.82) is 0 Å². The highest BCUT2D eigenvalue weighted by atomic mass is 16.6. The third-order valence-electron chi connectivity index (χ3n) is 12.8. The van der Waals surface area contributed by atoms with Crippen LogP contribution in [-0.4, -0.2) is 101 Å². The average Bonchev–Trinajstić information content (AvgIpc) is 3.62. The number of alkyl carbamates (subject to hydrolysis) is 1. The molecule has 438 valence electrons. The van der Waals surface area contributed by atoms with E-state index in [-0.39, 0.29) is 59.4 Å². The molecule has 0 fully saturated rings. The monoisotopic (exact) mass is 1120 g/mol. The Balaban J connectivity index is 0.000000306. The summed E-state index contributed by atoms with van der Waals surface area (Å²) in [6, 6.07) is 32.8. The van der Waals surface area contributed by atoms with Gasteiger partial charge in [-0.15, -0.1) is 40.8 Å². The molecule has 2 heterocycles. The number of carbonyl (C=O) groups is 5. The predicted octanol–water partition coefficient (Wildman–Crippen LogP) is 12.4. The van der Waals surface area contributed by atoms with Crippen molar-refractivity contribution in [2.45, 2.75) is 141 Å². The van der Waals surface area contributed by atoms with E-state index in [0.717, 1.165) is 54.4 Å². The van der Waals surface area contributed by atoms with Gasteiger partial charge in [-0.1, -0.05) is 174 Å². The lowest BCUT2D eigenvalue weighted by molar-refractivity contribution is -0.132. The van der Waals surface area contributed by atoms with Crippen LogP contribution in [0.1, 0.15) is 138 Å². The molecule has 0 aliphatic carbocycles. The van der Waals surface area contributed by atoms with Crippen molar-refractivity contribution in [3.05, 3.63) is 132 Å². The van der Waals surface area contributed by atoms with E-state index in [1.165, 1.54) is 9.80 Å². The Hall–Kier alpha value is -8.09. The van der Waals surface area contributed by atoms with E-state index in [4.69, 9.17) is 14.2 Å². The average molecular weight is 1120 g/mol. The van der Waals surface area contributed by atoms with Gasteiger partial charge in [0.25, 0.3) is 0 Å². The number of nitrogens with one attached hydrogen (secondary N) is 1. The van der Waals surface area contributed by atoms with E-state index in [1.807, 2.05) is 114 Å². The van der Waals surface area contributed by atoms with Crippen LogP contribution in [0.2, 0.25) is 0 Å². The Morgan fingerprint density at radius 3 is 1.28 bits per heavy atom. The van der Waals surface area contributed by atoms with E-state index >= 15 is 0 Å². The zero-order chi connectivity index (χ0) is 60.3. The second-order valence-electron chi connectivity index (χ2n) is 25.1. The minimum atomic E-state index is -0.596. The smallest absolute Gasteiger partial charge is 0.415 e. The number of carbonyl (C=O) groups excluding carboxylic acids is 5. The maximum absolute atomic E-state index is 13.1. The maximum atomic E-state index is 13.1. The molecule has 0 saturated heterocycles. The van der Waals surface area contributed by atoms with Crippen LogP contribution in [0.25, 0.3) is 22.8 Å². The van der Waals surface area contributed by atoms with Gasteiger partial charge in [-0.3, -0.25) is 9.59 Å². The quantitative estimate of drug-likeness (QED) is 0.0660. The first kappa shape index (κ1) is 64.7. The Kier molecular flexibility index (Phi) is 23.3. The summed E-state index contributed by atoms with van der Waals surface area (Å²) in [4.78, 5) is 66.0. The second-order valence-corrected chi connectivity index (χ2v) is 25.1. The Morgan fingerprint density at radius 2 is 0.878 bits per heavy atom. The SMILES string of the molecule is CN(Cc1nnc(-c2ccccc2)nn1)C(=O)Oc1ccc(COC(=O)NCCCC[C@@H](CC(C)(C)C)C(=O)C(C)(C)C)cc1.CN(Cc1nnc(-c2ccccc2)nn1)C(=O)Oc1ccc(C[C@@H](CC(C)(C)C)C(=O)C(C)(C)C)cc1. The van der Waals surface area contributed by atoms with Crippen LogP contribution < -0.4 is 14.8 Å². The maximum Gasteiger partial charge on any atom is 0.415 e. The lowest BCUT2D eigenvalue weighted by atomic mass is 9.73. The van der Waals surface area contributed by atoms with Crippen molar-refractivity contribution in [2.75, 3.05) is 20.6 Å². The summed E-state index contributed by atoms with van der Waals surface area (Å²) in [5, 5.41) is 35.4. The number of ether oxygens (including phenoxy) is 3. The van der Waals surface area contributed by atoms with Crippen LogP contribution >= 0.6 is 0 Å². The number of aromatic nitrogens is 8. The van der Waals surface area contributed by atoms with Gasteiger partial charge in [0.1, 0.15) is 29.7 Å². The fourth-order valence-electron chi connectivity index (χ4n) is 8.77. The first-order valence-electron chi connectivity index (χ1n) is 27.8. The topological polar surface area (TPSA) is 235 Å². The van der Waals surface area contributed by atoms with Crippen LogP contribution in [0.3, 0.4) is 0 Å². The summed E-state index contributed by atoms with van der Waals surface area (Å²) in [6.07, 6.45) is 3.08. The molecule has 82 heavy (non-hydrogen) atoms. The summed E-state index contributed by atoms with van der Waals surface area (Å²) >= 11 is 0. The molecular formula is C63H83N11O8. The predicted molar refractivity (Wildman–Crippen MR) is 314 cm³/mol.